The average molecular weight is 366 g/mol. The maximum atomic E-state index is 12.8. The van der Waals surface area contributed by atoms with E-state index in [1.54, 1.807) is 4.90 Å². The Hall–Kier alpha value is -1.59. The molecule has 0 radical (unpaired) electrons. The zero-order chi connectivity index (χ0) is 17.3. The molecule has 0 bridgehead atoms. The van der Waals surface area contributed by atoms with E-state index in [0.717, 1.165) is 25.1 Å². The van der Waals surface area contributed by atoms with Gasteiger partial charge in [-0.1, -0.05) is 26.0 Å². The maximum Gasteiger partial charge on any atom is 0.239 e. The molecule has 25 heavy (non-hydrogen) atoms. The third kappa shape index (κ3) is 3.82. The lowest BCUT2D eigenvalue weighted by Crippen LogP contribution is -2.45. The molecule has 2 atom stereocenters. The van der Waals surface area contributed by atoms with Crippen molar-refractivity contribution in [3.05, 3.63) is 29.8 Å². The fraction of sp³-hybridized carbons (Fsp3) is 0.579. The van der Waals surface area contributed by atoms with Gasteiger partial charge in [0.15, 0.2) is 0 Å². The van der Waals surface area contributed by atoms with Crippen LogP contribution in [0.15, 0.2) is 24.3 Å². The fourth-order valence-corrected chi connectivity index (χ4v) is 3.78. The normalized spacial score (nSPS) is 23.3. The number of anilines is 1. The van der Waals surface area contributed by atoms with Crippen LogP contribution in [-0.2, 0) is 9.59 Å². The Kier molecular flexibility index (Phi) is 6.47. The summed E-state index contributed by atoms with van der Waals surface area (Å²) in [6, 6.07) is 8.20. The second-order valence-corrected chi connectivity index (χ2v) is 7.14. The third-order valence-electron chi connectivity index (χ3n) is 5.31. The van der Waals surface area contributed by atoms with Gasteiger partial charge in [-0.15, -0.1) is 12.4 Å². The van der Waals surface area contributed by atoms with E-state index in [0.29, 0.717) is 25.4 Å². The summed E-state index contributed by atoms with van der Waals surface area (Å²) < 4.78 is 0. The van der Waals surface area contributed by atoms with E-state index >= 15 is 0 Å². The number of likely N-dealkylation sites (tertiary alicyclic amines) is 1. The summed E-state index contributed by atoms with van der Waals surface area (Å²) in [4.78, 5) is 29.1. The molecule has 1 aromatic carbocycles. The second kappa shape index (κ2) is 8.19. The van der Waals surface area contributed by atoms with E-state index in [9.17, 15) is 9.59 Å². The van der Waals surface area contributed by atoms with Gasteiger partial charge in [0.25, 0.3) is 0 Å². The van der Waals surface area contributed by atoms with Crippen LogP contribution in [-0.4, -0.2) is 42.4 Å². The molecule has 0 spiro atoms. The lowest BCUT2D eigenvalue weighted by Gasteiger charge is -2.26. The summed E-state index contributed by atoms with van der Waals surface area (Å²) >= 11 is 0. The number of benzene rings is 1. The first kappa shape index (κ1) is 19.7. The van der Waals surface area contributed by atoms with Crippen LogP contribution < -0.4 is 10.6 Å². The molecule has 5 nitrogen and oxygen atoms in total. The minimum atomic E-state index is -0.540. The summed E-state index contributed by atoms with van der Waals surface area (Å²) in [5.41, 5.74) is 7.90. The number of halogens is 1. The number of rotatable bonds is 4. The fourth-order valence-electron chi connectivity index (χ4n) is 3.78. The largest absolute Gasteiger partial charge is 0.338 e. The van der Waals surface area contributed by atoms with E-state index < -0.39 is 5.92 Å². The average Bonchev–Trinajstić information content (AvgIpc) is 3.20. The van der Waals surface area contributed by atoms with Gasteiger partial charge in [0.05, 0.1) is 0 Å². The molecule has 0 aromatic heterocycles. The highest BCUT2D eigenvalue weighted by Crippen LogP contribution is 2.29. The quantitative estimate of drug-likeness (QED) is 0.834. The van der Waals surface area contributed by atoms with Crippen molar-refractivity contribution in [2.45, 2.75) is 45.1 Å². The Labute approximate surface area is 155 Å². The van der Waals surface area contributed by atoms with Gasteiger partial charge in [0.1, 0.15) is 5.92 Å². The Morgan fingerprint density at radius 3 is 2.48 bits per heavy atom. The molecule has 2 fully saturated rings. The van der Waals surface area contributed by atoms with Crippen molar-refractivity contribution in [3.8, 4) is 0 Å². The highest BCUT2D eigenvalue weighted by Gasteiger charge is 2.42. The molecular formula is C19H28ClN3O2. The van der Waals surface area contributed by atoms with Crippen molar-refractivity contribution in [3.63, 3.8) is 0 Å². The zero-order valence-corrected chi connectivity index (χ0v) is 15.8. The van der Waals surface area contributed by atoms with Crippen LogP contribution in [0.1, 0.15) is 44.6 Å². The summed E-state index contributed by atoms with van der Waals surface area (Å²) in [6.45, 7) is 6.11. The molecule has 138 valence electrons. The first-order chi connectivity index (χ1) is 11.5. The SMILES string of the molecule is CC(C)c1ccc(N2CCC(C(=O)N3CCCC3CN)C2=O)cc1.Cl. The minimum absolute atomic E-state index is 0. The molecule has 2 heterocycles. The number of hydrogen-bond donors (Lipinski definition) is 1. The standard InChI is InChI=1S/C19H27N3O2.ClH/c1-13(2)14-5-7-15(8-6-14)22-11-9-17(19(22)24)18(23)21-10-3-4-16(21)12-20;/h5-8,13,16-17H,3-4,9-12,20H2,1-2H3;1H. The molecule has 2 saturated heterocycles. The molecule has 0 aliphatic carbocycles. The van der Waals surface area contributed by atoms with Crippen LogP contribution >= 0.6 is 12.4 Å². The summed E-state index contributed by atoms with van der Waals surface area (Å²) in [6.07, 6.45) is 2.52. The van der Waals surface area contributed by atoms with Gasteiger partial charge >= 0.3 is 0 Å². The lowest BCUT2D eigenvalue weighted by molar-refractivity contribution is -0.140. The van der Waals surface area contributed by atoms with Crippen LogP contribution in [0.25, 0.3) is 0 Å². The number of amides is 2. The molecule has 1 aromatic rings. The van der Waals surface area contributed by atoms with E-state index in [-0.39, 0.29) is 30.3 Å². The minimum Gasteiger partial charge on any atom is -0.338 e. The number of hydrogen-bond acceptors (Lipinski definition) is 3. The predicted octanol–water partition coefficient (Wildman–Crippen LogP) is 2.53. The highest BCUT2D eigenvalue weighted by atomic mass is 35.5. The van der Waals surface area contributed by atoms with Crippen molar-refractivity contribution in [1.82, 2.24) is 4.90 Å². The van der Waals surface area contributed by atoms with Crippen molar-refractivity contribution < 1.29 is 9.59 Å². The van der Waals surface area contributed by atoms with E-state index in [2.05, 4.69) is 26.0 Å². The van der Waals surface area contributed by atoms with Crippen LogP contribution in [0.4, 0.5) is 5.69 Å². The monoisotopic (exact) mass is 365 g/mol. The van der Waals surface area contributed by atoms with Crippen molar-refractivity contribution in [1.29, 1.82) is 0 Å². The van der Waals surface area contributed by atoms with Crippen LogP contribution in [0, 0.1) is 5.92 Å². The first-order valence-corrected chi connectivity index (χ1v) is 8.94. The molecule has 2 aliphatic heterocycles. The topological polar surface area (TPSA) is 66.6 Å². The Morgan fingerprint density at radius 2 is 1.88 bits per heavy atom. The number of nitrogens with two attached hydrogens (primary N) is 1. The summed E-state index contributed by atoms with van der Waals surface area (Å²) in [5.74, 6) is -0.179. The third-order valence-corrected chi connectivity index (χ3v) is 5.31. The van der Waals surface area contributed by atoms with Gasteiger partial charge in [-0.2, -0.15) is 0 Å². The van der Waals surface area contributed by atoms with Gasteiger partial charge in [-0.25, -0.2) is 0 Å². The highest BCUT2D eigenvalue weighted by molar-refractivity contribution is 6.09. The van der Waals surface area contributed by atoms with Gasteiger partial charge in [-0.3, -0.25) is 9.59 Å². The lowest BCUT2D eigenvalue weighted by atomic mass is 10.0. The Bertz CT molecular complexity index is 618. The number of nitrogens with zero attached hydrogens (tertiary/aromatic N) is 2. The Morgan fingerprint density at radius 1 is 1.20 bits per heavy atom. The number of carbonyl (C=O) groups excluding carboxylic acids is 2. The van der Waals surface area contributed by atoms with Gasteiger partial charge < -0.3 is 15.5 Å². The van der Waals surface area contributed by atoms with Crippen molar-refractivity contribution in [2.75, 3.05) is 24.5 Å². The number of carbonyl (C=O) groups is 2. The molecule has 0 saturated carbocycles. The van der Waals surface area contributed by atoms with Gasteiger partial charge in [0, 0.05) is 31.4 Å². The smallest absolute Gasteiger partial charge is 0.239 e. The molecule has 2 unspecified atom stereocenters. The molecule has 2 aliphatic rings. The van der Waals surface area contributed by atoms with E-state index in [1.807, 2.05) is 17.0 Å². The molecule has 2 amide bonds. The summed E-state index contributed by atoms with van der Waals surface area (Å²) in [7, 11) is 0. The van der Waals surface area contributed by atoms with Gasteiger partial charge in [-0.05, 0) is 42.9 Å². The van der Waals surface area contributed by atoms with Crippen LogP contribution in [0.3, 0.4) is 0 Å². The van der Waals surface area contributed by atoms with E-state index in [1.165, 1.54) is 5.56 Å². The summed E-state index contributed by atoms with van der Waals surface area (Å²) in [5, 5.41) is 0. The van der Waals surface area contributed by atoms with E-state index in [4.69, 9.17) is 5.73 Å². The first-order valence-electron chi connectivity index (χ1n) is 8.94. The zero-order valence-electron chi connectivity index (χ0n) is 15.0. The van der Waals surface area contributed by atoms with Crippen LogP contribution in [0.5, 0.6) is 0 Å². The van der Waals surface area contributed by atoms with Crippen LogP contribution in [0.2, 0.25) is 0 Å². The van der Waals surface area contributed by atoms with Gasteiger partial charge in [0.2, 0.25) is 11.8 Å². The predicted molar refractivity (Wildman–Crippen MR) is 102 cm³/mol. The molecule has 2 N–H and O–H groups in total. The second-order valence-electron chi connectivity index (χ2n) is 7.14. The van der Waals surface area contributed by atoms with Crippen molar-refractivity contribution >= 4 is 29.9 Å². The molecular weight excluding hydrogens is 338 g/mol. The van der Waals surface area contributed by atoms with Crippen molar-refractivity contribution in [2.24, 2.45) is 11.7 Å². The Balaban J connectivity index is 0.00000225. The molecule has 6 heteroatoms. The molecule has 3 rings (SSSR count). The maximum absolute atomic E-state index is 12.8.